The van der Waals surface area contributed by atoms with Crippen LogP contribution in [0.15, 0.2) is 54.6 Å². The molecule has 2 aromatic carbocycles. The van der Waals surface area contributed by atoms with Crippen LogP contribution in [0.2, 0.25) is 0 Å². The SMILES string of the molecule is Cc1sc2nc3ccccc3n2c1Cc1ccccc1. The molecule has 4 rings (SSSR count). The van der Waals surface area contributed by atoms with Crippen molar-refractivity contribution >= 4 is 27.3 Å². The van der Waals surface area contributed by atoms with E-state index in [0.717, 1.165) is 16.9 Å². The number of rotatable bonds is 2. The number of hydrogen-bond donors (Lipinski definition) is 0. The lowest BCUT2D eigenvalue weighted by Gasteiger charge is -2.03. The zero-order valence-electron chi connectivity index (χ0n) is 11.2. The van der Waals surface area contributed by atoms with Gasteiger partial charge in [-0.1, -0.05) is 42.5 Å². The van der Waals surface area contributed by atoms with Crippen LogP contribution in [0.4, 0.5) is 0 Å². The number of aromatic nitrogens is 2. The van der Waals surface area contributed by atoms with Gasteiger partial charge < -0.3 is 0 Å². The molecule has 0 atom stereocenters. The molecular formula is C17H14N2S. The molecule has 0 fully saturated rings. The molecule has 0 radical (unpaired) electrons. The van der Waals surface area contributed by atoms with E-state index < -0.39 is 0 Å². The minimum Gasteiger partial charge on any atom is -0.287 e. The number of nitrogens with zero attached hydrogens (tertiary/aromatic N) is 2. The second-order valence-corrected chi connectivity index (χ2v) is 6.17. The first-order valence-electron chi connectivity index (χ1n) is 6.72. The van der Waals surface area contributed by atoms with Crippen LogP contribution >= 0.6 is 11.3 Å². The van der Waals surface area contributed by atoms with Crippen LogP contribution in [0.25, 0.3) is 16.0 Å². The predicted octanol–water partition coefficient (Wildman–Crippen LogP) is 4.45. The number of imidazole rings is 1. The minimum atomic E-state index is 0.951. The molecule has 2 nitrogen and oxygen atoms in total. The van der Waals surface area contributed by atoms with E-state index in [1.165, 1.54) is 21.7 Å². The maximum atomic E-state index is 4.72. The molecule has 0 amide bonds. The second-order valence-electron chi connectivity index (χ2n) is 4.99. The van der Waals surface area contributed by atoms with E-state index in [-0.39, 0.29) is 0 Å². The van der Waals surface area contributed by atoms with Gasteiger partial charge in [0.1, 0.15) is 0 Å². The first-order chi connectivity index (χ1) is 9.83. The number of thiazole rings is 1. The van der Waals surface area contributed by atoms with E-state index in [1.54, 1.807) is 11.3 Å². The van der Waals surface area contributed by atoms with Gasteiger partial charge in [-0.05, 0) is 24.6 Å². The van der Waals surface area contributed by atoms with E-state index >= 15 is 0 Å². The summed E-state index contributed by atoms with van der Waals surface area (Å²) in [6.45, 7) is 2.19. The van der Waals surface area contributed by atoms with Gasteiger partial charge in [0.2, 0.25) is 0 Å². The van der Waals surface area contributed by atoms with Gasteiger partial charge in [-0.15, -0.1) is 11.3 Å². The highest BCUT2D eigenvalue weighted by Crippen LogP contribution is 2.28. The summed E-state index contributed by atoms with van der Waals surface area (Å²) in [6.07, 6.45) is 0.951. The van der Waals surface area contributed by atoms with E-state index in [4.69, 9.17) is 4.98 Å². The summed E-state index contributed by atoms with van der Waals surface area (Å²) in [5.41, 5.74) is 4.98. The fourth-order valence-electron chi connectivity index (χ4n) is 2.68. The zero-order chi connectivity index (χ0) is 13.5. The van der Waals surface area contributed by atoms with Gasteiger partial charge in [0.25, 0.3) is 0 Å². The Morgan fingerprint density at radius 3 is 2.60 bits per heavy atom. The van der Waals surface area contributed by atoms with Crippen LogP contribution in [0, 0.1) is 6.92 Å². The van der Waals surface area contributed by atoms with Crippen LogP contribution in [0.3, 0.4) is 0 Å². The molecule has 20 heavy (non-hydrogen) atoms. The maximum Gasteiger partial charge on any atom is 0.195 e. The maximum absolute atomic E-state index is 4.72. The van der Waals surface area contributed by atoms with Gasteiger partial charge in [-0.25, -0.2) is 4.98 Å². The van der Waals surface area contributed by atoms with Crippen molar-refractivity contribution in [2.75, 3.05) is 0 Å². The van der Waals surface area contributed by atoms with Gasteiger partial charge in [0.05, 0.1) is 11.0 Å². The summed E-state index contributed by atoms with van der Waals surface area (Å²) in [7, 11) is 0. The Labute approximate surface area is 121 Å². The van der Waals surface area contributed by atoms with Crippen LogP contribution in [0.1, 0.15) is 16.1 Å². The third-order valence-electron chi connectivity index (χ3n) is 3.67. The summed E-state index contributed by atoms with van der Waals surface area (Å²) < 4.78 is 2.31. The molecule has 0 unspecified atom stereocenters. The quantitative estimate of drug-likeness (QED) is 0.529. The summed E-state index contributed by atoms with van der Waals surface area (Å²) in [6, 6.07) is 19.0. The van der Waals surface area contributed by atoms with Crippen molar-refractivity contribution in [2.45, 2.75) is 13.3 Å². The zero-order valence-corrected chi connectivity index (χ0v) is 12.0. The summed E-state index contributed by atoms with van der Waals surface area (Å²) in [5, 5.41) is 0. The molecule has 0 saturated heterocycles. The standard InChI is InChI=1S/C17H14N2S/c1-12-16(11-13-7-3-2-4-8-13)19-15-10-6-5-9-14(15)18-17(19)20-12/h2-10H,11H2,1H3. The monoisotopic (exact) mass is 278 g/mol. The molecule has 98 valence electrons. The van der Waals surface area contributed by atoms with Gasteiger partial charge >= 0.3 is 0 Å². The molecule has 0 aliphatic rings. The Hall–Kier alpha value is -2.13. The number of aryl methyl sites for hydroxylation is 1. The Balaban J connectivity index is 1.95. The molecular weight excluding hydrogens is 264 g/mol. The van der Waals surface area contributed by atoms with Crippen molar-refractivity contribution in [1.29, 1.82) is 0 Å². The van der Waals surface area contributed by atoms with E-state index in [1.807, 2.05) is 6.07 Å². The van der Waals surface area contributed by atoms with Gasteiger partial charge in [0.15, 0.2) is 4.96 Å². The molecule has 0 saturated carbocycles. The van der Waals surface area contributed by atoms with Crippen molar-refractivity contribution in [2.24, 2.45) is 0 Å². The lowest BCUT2D eigenvalue weighted by atomic mass is 10.1. The third kappa shape index (κ3) is 1.74. The topological polar surface area (TPSA) is 17.3 Å². The highest BCUT2D eigenvalue weighted by atomic mass is 32.1. The van der Waals surface area contributed by atoms with Crippen molar-refractivity contribution in [1.82, 2.24) is 9.38 Å². The Bertz CT molecular complexity index is 887. The van der Waals surface area contributed by atoms with Crippen LogP contribution in [0.5, 0.6) is 0 Å². The lowest BCUT2D eigenvalue weighted by molar-refractivity contribution is 1.04. The Morgan fingerprint density at radius 2 is 1.75 bits per heavy atom. The van der Waals surface area contributed by atoms with E-state index in [0.29, 0.717) is 0 Å². The van der Waals surface area contributed by atoms with Crippen molar-refractivity contribution < 1.29 is 0 Å². The van der Waals surface area contributed by atoms with Crippen molar-refractivity contribution in [3.63, 3.8) is 0 Å². The third-order valence-corrected chi connectivity index (χ3v) is 4.66. The van der Waals surface area contributed by atoms with Crippen LogP contribution in [-0.4, -0.2) is 9.38 Å². The lowest BCUT2D eigenvalue weighted by Crippen LogP contribution is -1.95. The fraction of sp³-hybridized carbons (Fsp3) is 0.118. The summed E-state index contributed by atoms with van der Waals surface area (Å²) >= 11 is 1.78. The van der Waals surface area contributed by atoms with Gasteiger partial charge in [-0.3, -0.25) is 4.40 Å². The normalized spacial score (nSPS) is 11.4. The minimum absolute atomic E-state index is 0.951. The number of hydrogen-bond acceptors (Lipinski definition) is 2. The average Bonchev–Trinajstić information content (AvgIpc) is 2.97. The second kappa shape index (κ2) is 4.46. The molecule has 0 N–H and O–H groups in total. The molecule has 0 bridgehead atoms. The molecule has 0 spiro atoms. The molecule has 3 heteroatoms. The number of para-hydroxylation sites is 2. The summed E-state index contributed by atoms with van der Waals surface area (Å²) in [4.78, 5) is 7.16. The smallest absolute Gasteiger partial charge is 0.195 e. The predicted molar refractivity (Wildman–Crippen MR) is 84.6 cm³/mol. The number of fused-ring (bicyclic) bond motifs is 3. The largest absolute Gasteiger partial charge is 0.287 e. The van der Waals surface area contributed by atoms with Gasteiger partial charge in [0, 0.05) is 17.0 Å². The highest BCUT2D eigenvalue weighted by Gasteiger charge is 2.14. The Kier molecular flexibility index (Phi) is 2.60. The van der Waals surface area contributed by atoms with Gasteiger partial charge in [-0.2, -0.15) is 0 Å². The molecule has 4 aromatic rings. The molecule has 0 aliphatic carbocycles. The molecule has 2 aromatic heterocycles. The van der Waals surface area contributed by atoms with Crippen molar-refractivity contribution in [3.8, 4) is 0 Å². The Morgan fingerprint density at radius 1 is 1.00 bits per heavy atom. The fourth-order valence-corrected chi connectivity index (χ4v) is 3.68. The van der Waals surface area contributed by atoms with Crippen LogP contribution in [-0.2, 0) is 6.42 Å². The first kappa shape index (κ1) is 11.7. The number of benzene rings is 2. The molecule has 0 aliphatic heterocycles. The first-order valence-corrected chi connectivity index (χ1v) is 7.54. The highest BCUT2D eigenvalue weighted by molar-refractivity contribution is 7.17. The average molecular weight is 278 g/mol. The summed E-state index contributed by atoms with van der Waals surface area (Å²) in [5.74, 6) is 0. The van der Waals surface area contributed by atoms with Crippen LogP contribution < -0.4 is 0 Å². The van der Waals surface area contributed by atoms with Crippen molar-refractivity contribution in [3.05, 3.63) is 70.7 Å². The van der Waals surface area contributed by atoms with E-state index in [9.17, 15) is 0 Å². The van der Waals surface area contributed by atoms with E-state index in [2.05, 4.69) is 59.9 Å². The molecule has 2 heterocycles.